The zero-order chi connectivity index (χ0) is 18.9. The molecule has 1 aromatic carbocycles. The predicted octanol–water partition coefficient (Wildman–Crippen LogP) is 3.39. The van der Waals surface area contributed by atoms with Crippen molar-refractivity contribution in [3.63, 3.8) is 0 Å². The van der Waals surface area contributed by atoms with Gasteiger partial charge in [0, 0.05) is 24.4 Å². The van der Waals surface area contributed by atoms with Crippen molar-refractivity contribution in [2.75, 3.05) is 20.4 Å². The Morgan fingerprint density at radius 1 is 1.26 bits per heavy atom. The van der Waals surface area contributed by atoms with Crippen molar-refractivity contribution in [1.29, 1.82) is 0 Å². The number of rotatable bonds is 6. The summed E-state index contributed by atoms with van der Waals surface area (Å²) >= 11 is 1.69. The molecule has 6 nitrogen and oxygen atoms in total. The van der Waals surface area contributed by atoms with Crippen LogP contribution in [0.2, 0.25) is 0 Å². The molecule has 2 aromatic rings. The molecule has 144 valence electrons. The van der Waals surface area contributed by atoms with Gasteiger partial charge < -0.3 is 20.1 Å². The van der Waals surface area contributed by atoms with Crippen molar-refractivity contribution in [2.45, 2.75) is 44.6 Å². The highest BCUT2D eigenvalue weighted by molar-refractivity contribution is 7.09. The van der Waals surface area contributed by atoms with E-state index in [-0.39, 0.29) is 5.41 Å². The fourth-order valence-electron chi connectivity index (χ4n) is 3.25. The Labute approximate surface area is 164 Å². The van der Waals surface area contributed by atoms with Gasteiger partial charge in [0.05, 0.1) is 12.2 Å². The van der Waals surface area contributed by atoms with Gasteiger partial charge in [0.15, 0.2) is 17.5 Å². The smallest absolute Gasteiger partial charge is 0.231 e. The first-order valence-corrected chi connectivity index (χ1v) is 10.3. The molecule has 2 N–H and O–H groups in total. The Kier molecular flexibility index (Phi) is 4.95. The Balaban J connectivity index is 1.34. The molecule has 0 spiro atoms. The molecule has 0 unspecified atom stereocenters. The summed E-state index contributed by atoms with van der Waals surface area (Å²) in [6.07, 6.45) is 2.34. The third-order valence-electron chi connectivity index (χ3n) is 5.22. The van der Waals surface area contributed by atoms with Crippen LogP contribution in [0.3, 0.4) is 0 Å². The predicted molar refractivity (Wildman–Crippen MR) is 108 cm³/mol. The summed E-state index contributed by atoms with van der Waals surface area (Å²) in [6.45, 7) is 6.18. The third kappa shape index (κ3) is 3.88. The fourth-order valence-corrected chi connectivity index (χ4v) is 4.14. The summed E-state index contributed by atoms with van der Waals surface area (Å²) in [5.74, 6) is 2.96. The third-order valence-corrected chi connectivity index (χ3v) is 6.09. The van der Waals surface area contributed by atoms with E-state index in [2.05, 4.69) is 52.0 Å². The van der Waals surface area contributed by atoms with E-state index in [0.717, 1.165) is 34.7 Å². The maximum atomic E-state index is 5.53. The lowest BCUT2D eigenvalue weighted by Gasteiger charge is -2.19. The molecule has 7 heteroatoms. The number of aliphatic imine (C=N–C) groups is 1. The highest BCUT2D eigenvalue weighted by Gasteiger charge is 2.44. The number of benzene rings is 1. The molecule has 1 fully saturated rings. The lowest BCUT2D eigenvalue weighted by Crippen LogP contribution is -2.40. The highest BCUT2D eigenvalue weighted by Crippen LogP contribution is 2.49. The number of hydrogen-bond donors (Lipinski definition) is 2. The molecule has 2 heterocycles. The number of guanidine groups is 1. The van der Waals surface area contributed by atoms with E-state index in [1.54, 1.807) is 18.4 Å². The summed E-state index contributed by atoms with van der Waals surface area (Å²) in [5, 5.41) is 10.1. The zero-order valence-corrected chi connectivity index (χ0v) is 16.9. The molecule has 0 atom stereocenters. The van der Waals surface area contributed by atoms with Crippen molar-refractivity contribution < 1.29 is 9.47 Å². The van der Waals surface area contributed by atoms with Crippen LogP contribution in [0.4, 0.5) is 0 Å². The topological polar surface area (TPSA) is 67.8 Å². The van der Waals surface area contributed by atoms with E-state index < -0.39 is 0 Å². The quantitative estimate of drug-likeness (QED) is 0.588. The minimum absolute atomic E-state index is 0.157. The molecule has 0 radical (unpaired) electrons. The van der Waals surface area contributed by atoms with Crippen molar-refractivity contribution in [3.8, 4) is 11.5 Å². The van der Waals surface area contributed by atoms with E-state index in [1.807, 2.05) is 6.07 Å². The van der Waals surface area contributed by atoms with Crippen LogP contribution >= 0.6 is 11.3 Å². The minimum Gasteiger partial charge on any atom is -0.454 e. The van der Waals surface area contributed by atoms with Gasteiger partial charge in [-0.25, -0.2) is 4.98 Å². The van der Waals surface area contributed by atoms with Crippen LogP contribution in [-0.4, -0.2) is 31.3 Å². The average Bonchev–Trinajstić information content (AvgIpc) is 3.08. The molecular formula is C20H26N4O2S. The van der Waals surface area contributed by atoms with Crippen molar-refractivity contribution in [2.24, 2.45) is 4.99 Å². The van der Waals surface area contributed by atoms with Gasteiger partial charge in [-0.2, -0.15) is 0 Å². The van der Waals surface area contributed by atoms with Gasteiger partial charge in [0.25, 0.3) is 0 Å². The number of fused-ring (bicyclic) bond motifs is 1. The molecule has 0 bridgehead atoms. The SMILES string of the molecule is CN=C(NCc1nc(C(C)C)cs1)NCC1(c2ccc3c(c2)OCO3)CC1. The maximum absolute atomic E-state index is 5.53. The summed E-state index contributed by atoms with van der Waals surface area (Å²) in [4.78, 5) is 9.02. The average molecular weight is 387 g/mol. The van der Waals surface area contributed by atoms with Gasteiger partial charge in [-0.05, 0) is 36.5 Å². The standard InChI is InChI=1S/C20H26N4O2S/c1-13(2)15-10-27-18(24-15)9-22-19(21-3)23-11-20(6-7-20)14-4-5-16-17(8-14)26-12-25-16/h4-5,8,10,13H,6-7,9,11-12H2,1-3H3,(H2,21,22,23). The number of ether oxygens (including phenoxy) is 2. The van der Waals surface area contributed by atoms with Gasteiger partial charge >= 0.3 is 0 Å². The molecule has 4 rings (SSSR count). The van der Waals surface area contributed by atoms with Crippen LogP contribution < -0.4 is 20.1 Å². The van der Waals surface area contributed by atoms with Crippen LogP contribution in [0.15, 0.2) is 28.6 Å². The first kappa shape index (κ1) is 18.1. The zero-order valence-electron chi connectivity index (χ0n) is 16.0. The number of nitrogens with one attached hydrogen (secondary N) is 2. The van der Waals surface area contributed by atoms with E-state index in [1.165, 1.54) is 18.4 Å². The molecule has 1 aliphatic carbocycles. The van der Waals surface area contributed by atoms with Crippen molar-refractivity contribution in [3.05, 3.63) is 39.8 Å². The molecule has 1 saturated carbocycles. The van der Waals surface area contributed by atoms with Gasteiger partial charge in [0.1, 0.15) is 5.01 Å². The lowest BCUT2D eigenvalue weighted by molar-refractivity contribution is 0.174. The van der Waals surface area contributed by atoms with Gasteiger partial charge in [-0.3, -0.25) is 4.99 Å². The maximum Gasteiger partial charge on any atom is 0.231 e. The highest BCUT2D eigenvalue weighted by atomic mass is 32.1. The van der Waals surface area contributed by atoms with E-state index in [4.69, 9.17) is 9.47 Å². The summed E-state index contributed by atoms with van der Waals surface area (Å²) < 4.78 is 11.0. The molecule has 0 saturated heterocycles. The Bertz CT molecular complexity index is 842. The molecular weight excluding hydrogens is 360 g/mol. The molecule has 1 aliphatic heterocycles. The van der Waals surface area contributed by atoms with Crippen LogP contribution in [0.5, 0.6) is 11.5 Å². The first-order chi connectivity index (χ1) is 13.1. The Morgan fingerprint density at radius 2 is 2.07 bits per heavy atom. The molecule has 2 aliphatic rings. The number of aromatic nitrogens is 1. The van der Waals surface area contributed by atoms with Crippen molar-refractivity contribution in [1.82, 2.24) is 15.6 Å². The Morgan fingerprint density at radius 3 is 2.78 bits per heavy atom. The monoisotopic (exact) mass is 386 g/mol. The van der Waals surface area contributed by atoms with Gasteiger partial charge in [-0.15, -0.1) is 11.3 Å². The fraction of sp³-hybridized carbons (Fsp3) is 0.500. The summed E-state index contributed by atoms with van der Waals surface area (Å²) in [7, 11) is 1.80. The van der Waals surface area contributed by atoms with Crippen LogP contribution in [-0.2, 0) is 12.0 Å². The summed E-state index contributed by atoms with van der Waals surface area (Å²) in [5.41, 5.74) is 2.61. The van der Waals surface area contributed by atoms with E-state index in [9.17, 15) is 0 Å². The lowest BCUT2D eigenvalue weighted by atomic mass is 9.95. The number of hydrogen-bond acceptors (Lipinski definition) is 5. The second kappa shape index (κ2) is 7.38. The van der Waals surface area contributed by atoms with Crippen LogP contribution in [0.1, 0.15) is 48.9 Å². The minimum atomic E-state index is 0.157. The largest absolute Gasteiger partial charge is 0.454 e. The van der Waals surface area contributed by atoms with E-state index in [0.29, 0.717) is 19.3 Å². The summed E-state index contributed by atoms with van der Waals surface area (Å²) in [6, 6.07) is 6.29. The van der Waals surface area contributed by atoms with Crippen molar-refractivity contribution >= 4 is 17.3 Å². The van der Waals surface area contributed by atoms with Gasteiger partial charge in [-0.1, -0.05) is 19.9 Å². The van der Waals surface area contributed by atoms with Gasteiger partial charge in [0.2, 0.25) is 6.79 Å². The molecule has 1 aromatic heterocycles. The number of nitrogens with zero attached hydrogens (tertiary/aromatic N) is 2. The van der Waals surface area contributed by atoms with Crippen LogP contribution in [0, 0.1) is 0 Å². The molecule has 0 amide bonds. The van der Waals surface area contributed by atoms with Crippen LogP contribution in [0.25, 0.3) is 0 Å². The molecule has 27 heavy (non-hydrogen) atoms. The normalized spacial score (nSPS) is 17.3. The first-order valence-electron chi connectivity index (χ1n) is 9.38. The second-order valence-corrected chi connectivity index (χ2v) is 8.39. The Hall–Kier alpha value is -2.28. The number of thiazole rings is 1. The second-order valence-electron chi connectivity index (χ2n) is 7.45. The van der Waals surface area contributed by atoms with E-state index >= 15 is 0 Å².